The second kappa shape index (κ2) is 4.43. The lowest BCUT2D eigenvalue weighted by Crippen LogP contribution is -2.03. The largest absolute Gasteiger partial charge is 0.288 e. The SMILES string of the molecule is O=C(c1cc(F)ccc1F)c1sccc1Br. The Kier molecular flexibility index (Phi) is 3.16. The van der Waals surface area contributed by atoms with Gasteiger partial charge in [-0.25, -0.2) is 8.78 Å². The van der Waals surface area contributed by atoms with E-state index in [2.05, 4.69) is 15.9 Å². The monoisotopic (exact) mass is 302 g/mol. The lowest BCUT2D eigenvalue weighted by atomic mass is 10.1. The Morgan fingerprint density at radius 2 is 2.00 bits per heavy atom. The van der Waals surface area contributed by atoms with Crippen molar-refractivity contribution in [3.05, 3.63) is 56.2 Å². The first-order valence-corrected chi connectivity index (χ1v) is 5.99. The van der Waals surface area contributed by atoms with E-state index in [4.69, 9.17) is 0 Å². The van der Waals surface area contributed by atoms with Gasteiger partial charge >= 0.3 is 0 Å². The van der Waals surface area contributed by atoms with Crippen molar-refractivity contribution < 1.29 is 13.6 Å². The van der Waals surface area contributed by atoms with Crippen molar-refractivity contribution in [3.8, 4) is 0 Å². The van der Waals surface area contributed by atoms with Crippen LogP contribution in [0.25, 0.3) is 0 Å². The Morgan fingerprint density at radius 3 is 2.62 bits per heavy atom. The van der Waals surface area contributed by atoms with Gasteiger partial charge in [0.25, 0.3) is 0 Å². The molecule has 2 rings (SSSR count). The normalized spacial score (nSPS) is 10.4. The van der Waals surface area contributed by atoms with E-state index in [0.29, 0.717) is 9.35 Å². The van der Waals surface area contributed by atoms with Gasteiger partial charge < -0.3 is 0 Å². The maximum Gasteiger partial charge on any atom is 0.207 e. The van der Waals surface area contributed by atoms with Crippen molar-refractivity contribution >= 4 is 33.0 Å². The Hall–Kier alpha value is -1.07. The molecular formula is C11H5BrF2OS. The molecule has 5 heteroatoms. The highest BCUT2D eigenvalue weighted by Gasteiger charge is 2.18. The number of benzene rings is 1. The summed E-state index contributed by atoms with van der Waals surface area (Å²) in [6.07, 6.45) is 0. The minimum Gasteiger partial charge on any atom is -0.288 e. The van der Waals surface area contributed by atoms with Crippen LogP contribution >= 0.6 is 27.3 Å². The number of rotatable bonds is 2. The average Bonchev–Trinajstić information content (AvgIpc) is 2.67. The summed E-state index contributed by atoms with van der Waals surface area (Å²) in [5.74, 6) is -1.86. The van der Waals surface area contributed by atoms with Crippen LogP contribution in [0.2, 0.25) is 0 Å². The molecule has 0 aliphatic heterocycles. The summed E-state index contributed by atoms with van der Waals surface area (Å²) in [4.78, 5) is 12.2. The van der Waals surface area contributed by atoms with Gasteiger partial charge in [0.2, 0.25) is 5.78 Å². The Bertz CT molecular complexity index is 551. The Balaban J connectivity index is 2.49. The summed E-state index contributed by atoms with van der Waals surface area (Å²) in [5, 5.41) is 1.70. The van der Waals surface area contributed by atoms with E-state index in [0.717, 1.165) is 18.2 Å². The van der Waals surface area contributed by atoms with Crippen LogP contribution < -0.4 is 0 Å². The Labute approximate surface area is 103 Å². The number of ketones is 1. The van der Waals surface area contributed by atoms with Crippen LogP contribution in [0.1, 0.15) is 15.2 Å². The summed E-state index contributed by atoms with van der Waals surface area (Å²) in [6, 6.07) is 4.53. The maximum atomic E-state index is 13.3. The predicted octanol–water partition coefficient (Wildman–Crippen LogP) is 4.02. The fraction of sp³-hybridized carbons (Fsp3) is 0. The second-order valence-corrected chi connectivity index (χ2v) is 4.82. The average molecular weight is 303 g/mol. The van der Waals surface area contributed by atoms with Gasteiger partial charge in [0.1, 0.15) is 11.6 Å². The van der Waals surface area contributed by atoms with E-state index in [1.165, 1.54) is 11.3 Å². The smallest absolute Gasteiger partial charge is 0.207 e. The lowest BCUT2D eigenvalue weighted by molar-refractivity contribution is 0.103. The van der Waals surface area contributed by atoms with Crippen LogP contribution in [0.15, 0.2) is 34.1 Å². The maximum absolute atomic E-state index is 13.3. The molecule has 1 aromatic carbocycles. The third-order valence-electron chi connectivity index (χ3n) is 2.00. The van der Waals surface area contributed by atoms with Crippen molar-refractivity contribution in [3.63, 3.8) is 0 Å². The fourth-order valence-corrected chi connectivity index (χ4v) is 2.75. The first-order valence-electron chi connectivity index (χ1n) is 4.32. The molecule has 1 aromatic heterocycles. The molecule has 0 radical (unpaired) electrons. The zero-order valence-corrected chi connectivity index (χ0v) is 10.2. The van der Waals surface area contributed by atoms with Crippen molar-refractivity contribution in [2.75, 3.05) is 0 Å². The number of halogens is 3. The molecule has 0 bridgehead atoms. The Morgan fingerprint density at radius 1 is 1.25 bits per heavy atom. The zero-order chi connectivity index (χ0) is 11.7. The highest BCUT2D eigenvalue weighted by molar-refractivity contribution is 9.10. The van der Waals surface area contributed by atoms with Gasteiger partial charge in [-0.3, -0.25) is 4.79 Å². The van der Waals surface area contributed by atoms with Crippen LogP contribution in [0.3, 0.4) is 0 Å². The molecule has 0 spiro atoms. The topological polar surface area (TPSA) is 17.1 Å². The van der Waals surface area contributed by atoms with Gasteiger partial charge in [0.05, 0.1) is 10.4 Å². The molecule has 0 saturated heterocycles. The molecule has 0 saturated carbocycles. The summed E-state index contributed by atoms with van der Waals surface area (Å²) in [7, 11) is 0. The predicted molar refractivity (Wildman–Crippen MR) is 61.8 cm³/mol. The summed E-state index contributed by atoms with van der Waals surface area (Å²) in [5.41, 5.74) is -0.247. The van der Waals surface area contributed by atoms with Crippen molar-refractivity contribution in [2.24, 2.45) is 0 Å². The van der Waals surface area contributed by atoms with E-state index in [1.807, 2.05) is 0 Å². The first kappa shape index (κ1) is 11.4. The molecule has 0 unspecified atom stereocenters. The molecule has 0 aliphatic rings. The van der Waals surface area contributed by atoms with Crippen molar-refractivity contribution in [2.45, 2.75) is 0 Å². The second-order valence-electron chi connectivity index (χ2n) is 3.05. The summed E-state index contributed by atoms with van der Waals surface area (Å²) >= 11 is 4.36. The minimum atomic E-state index is -0.716. The van der Waals surface area contributed by atoms with Gasteiger partial charge in [0, 0.05) is 4.47 Å². The molecule has 0 fully saturated rings. The lowest BCUT2D eigenvalue weighted by Gasteiger charge is -2.01. The van der Waals surface area contributed by atoms with Crippen LogP contribution in [0.4, 0.5) is 8.78 Å². The molecule has 1 nitrogen and oxygen atoms in total. The molecule has 0 aliphatic carbocycles. The van der Waals surface area contributed by atoms with Crippen LogP contribution in [0.5, 0.6) is 0 Å². The molecule has 1 heterocycles. The van der Waals surface area contributed by atoms with E-state index in [1.54, 1.807) is 11.4 Å². The first-order chi connectivity index (χ1) is 7.59. The number of carbonyl (C=O) groups is 1. The van der Waals surface area contributed by atoms with Crippen molar-refractivity contribution in [1.29, 1.82) is 0 Å². The third-order valence-corrected chi connectivity index (χ3v) is 3.83. The molecule has 2 aromatic rings. The van der Waals surface area contributed by atoms with Crippen LogP contribution in [-0.2, 0) is 0 Å². The standard InChI is InChI=1S/C11H5BrF2OS/c12-8-3-4-16-11(8)10(15)7-5-6(13)1-2-9(7)14/h1-5H. The summed E-state index contributed by atoms with van der Waals surface area (Å²) in [6.45, 7) is 0. The number of hydrogen-bond acceptors (Lipinski definition) is 2. The molecular weight excluding hydrogens is 298 g/mol. The zero-order valence-electron chi connectivity index (χ0n) is 7.84. The van der Waals surface area contributed by atoms with Gasteiger partial charge in [0.15, 0.2) is 0 Å². The fourth-order valence-electron chi connectivity index (χ4n) is 1.25. The summed E-state index contributed by atoms with van der Waals surface area (Å²) < 4.78 is 26.9. The van der Waals surface area contributed by atoms with Gasteiger partial charge in [-0.2, -0.15) is 0 Å². The van der Waals surface area contributed by atoms with E-state index in [-0.39, 0.29) is 5.56 Å². The van der Waals surface area contributed by atoms with E-state index >= 15 is 0 Å². The van der Waals surface area contributed by atoms with Crippen molar-refractivity contribution in [1.82, 2.24) is 0 Å². The molecule has 16 heavy (non-hydrogen) atoms. The van der Waals surface area contributed by atoms with Crippen LogP contribution in [0, 0.1) is 11.6 Å². The molecule has 0 atom stereocenters. The third kappa shape index (κ3) is 2.05. The highest BCUT2D eigenvalue weighted by atomic mass is 79.9. The van der Waals surface area contributed by atoms with E-state index in [9.17, 15) is 13.6 Å². The molecule has 0 amide bonds. The van der Waals surface area contributed by atoms with Gasteiger partial charge in [-0.1, -0.05) is 0 Å². The van der Waals surface area contributed by atoms with E-state index < -0.39 is 17.4 Å². The quantitative estimate of drug-likeness (QED) is 0.766. The van der Waals surface area contributed by atoms with Gasteiger partial charge in [-0.15, -0.1) is 11.3 Å². The highest BCUT2D eigenvalue weighted by Crippen LogP contribution is 2.26. The number of thiophene rings is 1. The number of hydrogen-bond donors (Lipinski definition) is 0. The molecule has 0 N–H and O–H groups in total. The van der Waals surface area contributed by atoms with Gasteiger partial charge in [-0.05, 0) is 45.6 Å². The number of carbonyl (C=O) groups excluding carboxylic acids is 1. The minimum absolute atomic E-state index is 0.247. The molecule has 82 valence electrons. The van der Waals surface area contributed by atoms with Crippen LogP contribution in [-0.4, -0.2) is 5.78 Å².